The Morgan fingerprint density at radius 2 is 1.86 bits per heavy atom. The number of likely N-dealkylation sites (N-methyl/N-ethyl adjacent to an activating group) is 2. The molecular weight excluding hydrogens is 361 g/mol. The van der Waals surface area contributed by atoms with Crippen molar-refractivity contribution in [3.8, 4) is 5.75 Å². The number of nitrogens with zero attached hydrogens (tertiary/aromatic N) is 1. The molecule has 7 heteroatoms. The number of ether oxygens (including phenoxy) is 1. The lowest BCUT2D eigenvalue weighted by molar-refractivity contribution is -0.862. The first-order valence-electron chi connectivity index (χ1n) is 9.18. The maximum atomic E-state index is 13.3. The van der Waals surface area contributed by atoms with Crippen LogP contribution < -0.4 is 15.0 Å². The molecule has 0 aliphatic heterocycles. The zero-order valence-corrected chi connectivity index (χ0v) is 16.5. The second-order valence-electron chi connectivity index (χ2n) is 6.63. The van der Waals surface area contributed by atoms with Crippen LogP contribution in [-0.4, -0.2) is 50.5 Å². The molecule has 0 saturated carbocycles. The van der Waals surface area contributed by atoms with E-state index in [1.54, 1.807) is 55.5 Å². The summed E-state index contributed by atoms with van der Waals surface area (Å²) in [6.07, 6.45) is 0. The summed E-state index contributed by atoms with van der Waals surface area (Å²) in [5, 5.41) is 2.80. The van der Waals surface area contributed by atoms with E-state index in [0.717, 1.165) is 10.5 Å². The van der Waals surface area contributed by atoms with Gasteiger partial charge in [0.1, 0.15) is 11.6 Å². The minimum Gasteiger partial charge on any atom is -0.497 e. The van der Waals surface area contributed by atoms with Crippen LogP contribution in [0, 0.1) is 5.82 Å². The van der Waals surface area contributed by atoms with E-state index in [9.17, 15) is 14.0 Å². The minimum atomic E-state index is -0.320. The maximum absolute atomic E-state index is 13.3. The number of carbonyl (C=O) groups is 2. The van der Waals surface area contributed by atoms with Gasteiger partial charge in [0, 0.05) is 18.8 Å². The van der Waals surface area contributed by atoms with E-state index >= 15 is 0 Å². The molecule has 0 radical (unpaired) electrons. The second-order valence-corrected chi connectivity index (χ2v) is 6.63. The molecule has 28 heavy (non-hydrogen) atoms. The number of benzene rings is 2. The Morgan fingerprint density at radius 1 is 1.14 bits per heavy atom. The number of nitrogens with one attached hydrogen (secondary N) is 2. The zero-order valence-electron chi connectivity index (χ0n) is 16.5. The summed E-state index contributed by atoms with van der Waals surface area (Å²) < 4.78 is 18.4. The maximum Gasteiger partial charge on any atom is 0.279 e. The van der Waals surface area contributed by atoms with Crippen molar-refractivity contribution in [2.24, 2.45) is 0 Å². The van der Waals surface area contributed by atoms with Gasteiger partial charge >= 0.3 is 0 Å². The van der Waals surface area contributed by atoms with Gasteiger partial charge in [-0.1, -0.05) is 12.1 Å². The third kappa shape index (κ3) is 6.66. The van der Waals surface area contributed by atoms with Crippen LogP contribution in [0.1, 0.15) is 12.5 Å². The van der Waals surface area contributed by atoms with Crippen LogP contribution in [0.25, 0.3) is 0 Å². The molecule has 2 aromatic carbocycles. The number of hydrogen-bond acceptors (Lipinski definition) is 3. The highest BCUT2D eigenvalue weighted by Gasteiger charge is 2.19. The summed E-state index contributed by atoms with van der Waals surface area (Å²) >= 11 is 0. The molecule has 2 N–H and O–H groups in total. The summed E-state index contributed by atoms with van der Waals surface area (Å²) in [7, 11) is 3.37. The average molecular weight is 388 g/mol. The van der Waals surface area contributed by atoms with E-state index in [1.807, 2.05) is 6.92 Å². The van der Waals surface area contributed by atoms with Crippen molar-refractivity contribution in [2.75, 3.05) is 39.1 Å². The molecule has 2 amide bonds. The molecule has 0 heterocycles. The third-order valence-electron chi connectivity index (χ3n) is 4.29. The van der Waals surface area contributed by atoms with Crippen molar-refractivity contribution in [1.82, 2.24) is 4.90 Å². The topological polar surface area (TPSA) is 63.1 Å². The Hall–Kier alpha value is -2.93. The summed E-state index contributed by atoms with van der Waals surface area (Å²) in [6.45, 7) is 3.08. The average Bonchev–Trinajstić information content (AvgIpc) is 2.66. The second kappa shape index (κ2) is 10.4. The van der Waals surface area contributed by atoms with Crippen LogP contribution in [0.5, 0.6) is 5.75 Å². The fourth-order valence-electron chi connectivity index (χ4n) is 2.82. The summed E-state index contributed by atoms with van der Waals surface area (Å²) in [6, 6.07) is 13.3. The number of hydrogen-bond donors (Lipinski definition) is 2. The molecule has 0 aliphatic carbocycles. The van der Waals surface area contributed by atoms with Crippen molar-refractivity contribution in [3.05, 3.63) is 59.9 Å². The van der Waals surface area contributed by atoms with E-state index in [2.05, 4.69) is 5.32 Å². The Morgan fingerprint density at radius 3 is 2.46 bits per heavy atom. The number of amides is 2. The van der Waals surface area contributed by atoms with Crippen molar-refractivity contribution >= 4 is 17.5 Å². The van der Waals surface area contributed by atoms with Crippen molar-refractivity contribution in [1.29, 1.82) is 0 Å². The number of rotatable bonds is 9. The number of quaternary nitrogens is 1. The molecular formula is C21H27FN3O3+. The van der Waals surface area contributed by atoms with E-state index in [0.29, 0.717) is 24.5 Å². The third-order valence-corrected chi connectivity index (χ3v) is 4.29. The monoisotopic (exact) mass is 388 g/mol. The Kier molecular flexibility index (Phi) is 7.95. The molecule has 150 valence electrons. The highest BCUT2D eigenvalue weighted by Crippen LogP contribution is 2.14. The van der Waals surface area contributed by atoms with Gasteiger partial charge in [-0.15, -0.1) is 0 Å². The molecule has 1 unspecified atom stereocenters. The predicted molar refractivity (Wildman–Crippen MR) is 106 cm³/mol. The molecule has 2 aromatic rings. The SMILES string of the molecule is CCN(Cc1cccc(F)c1)C(=O)C[NH+](C)CC(=O)Nc1ccc(OC)cc1. The molecule has 0 aliphatic rings. The lowest BCUT2D eigenvalue weighted by Crippen LogP contribution is -3.11. The number of carbonyl (C=O) groups excluding carboxylic acids is 2. The van der Waals surface area contributed by atoms with Crippen LogP contribution in [0.3, 0.4) is 0 Å². The summed E-state index contributed by atoms with van der Waals surface area (Å²) in [5.74, 6) is 0.133. The van der Waals surface area contributed by atoms with Gasteiger partial charge in [-0.2, -0.15) is 0 Å². The van der Waals surface area contributed by atoms with E-state index < -0.39 is 0 Å². The highest BCUT2D eigenvalue weighted by atomic mass is 19.1. The fraction of sp³-hybridized carbons (Fsp3) is 0.333. The first-order valence-corrected chi connectivity index (χ1v) is 9.18. The fourth-order valence-corrected chi connectivity index (χ4v) is 2.82. The zero-order chi connectivity index (χ0) is 20.5. The van der Waals surface area contributed by atoms with Gasteiger partial charge in [0.15, 0.2) is 13.1 Å². The standard InChI is InChI=1S/C21H26FN3O3/c1-4-25(13-16-6-5-7-17(22)12-16)21(27)15-24(2)14-20(26)23-18-8-10-19(28-3)11-9-18/h5-12H,4,13-15H2,1-3H3,(H,23,26)/p+1. The molecule has 0 spiro atoms. The van der Waals surface area contributed by atoms with Gasteiger partial charge in [0.05, 0.1) is 14.2 Å². The van der Waals surface area contributed by atoms with Gasteiger partial charge < -0.3 is 19.9 Å². The molecule has 0 saturated heterocycles. The quantitative estimate of drug-likeness (QED) is 0.681. The van der Waals surface area contributed by atoms with E-state index in [-0.39, 0.29) is 30.7 Å². The van der Waals surface area contributed by atoms with Crippen LogP contribution in [0.2, 0.25) is 0 Å². The molecule has 0 fully saturated rings. The normalized spacial score (nSPS) is 11.6. The van der Waals surface area contributed by atoms with Gasteiger partial charge in [-0.25, -0.2) is 4.39 Å². The van der Waals surface area contributed by atoms with Crippen molar-refractivity contribution < 1.29 is 23.6 Å². The number of halogens is 1. The number of anilines is 1. The first kappa shape index (κ1) is 21.4. The number of methoxy groups -OCH3 is 1. The van der Waals surface area contributed by atoms with Gasteiger partial charge in [0.2, 0.25) is 0 Å². The van der Waals surface area contributed by atoms with Gasteiger partial charge in [-0.05, 0) is 48.9 Å². The smallest absolute Gasteiger partial charge is 0.279 e. The van der Waals surface area contributed by atoms with Crippen LogP contribution in [0.15, 0.2) is 48.5 Å². The highest BCUT2D eigenvalue weighted by molar-refractivity contribution is 5.91. The molecule has 1 atom stereocenters. The molecule has 6 nitrogen and oxygen atoms in total. The Labute approximate surface area is 164 Å². The molecule has 0 aromatic heterocycles. The minimum absolute atomic E-state index is 0.0819. The lowest BCUT2D eigenvalue weighted by atomic mass is 10.2. The first-order chi connectivity index (χ1) is 13.4. The predicted octanol–water partition coefficient (Wildman–Crippen LogP) is 1.34. The van der Waals surface area contributed by atoms with Crippen LogP contribution in [-0.2, 0) is 16.1 Å². The van der Waals surface area contributed by atoms with E-state index in [4.69, 9.17) is 4.74 Å². The van der Waals surface area contributed by atoms with Crippen molar-refractivity contribution in [3.63, 3.8) is 0 Å². The van der Waals surface area contributed by atoms with Crippen LogP contribution >= 0.6 is 0 Å². The lowest BCUT2D eigenvalue weighted by Gasteiger charge is -2.22. The summed E-state index contributed by atoms with van der Waals surface area (Å²) in [5.41, 5.74) is 1.41. The Balaban J connectivity index is 1.84. The Bertz CT molecular complexity index is 796. The van der Waals surface area contributed by atoms with Gasteiger partial charge in [-0.3, -0.25) is 9.59 Å². The summed E-state index contributed by atoms with van der Waals surface area (Å²) in [4.78, 5) is 27.2. The molecule has 0 bridgehead atoms. The van der Waals surface area contributed by atoms with Gasteiger partial charge in [0.25, 0.3) is 11.8 Å². The largest absolute Gasteiger partial charge is 0.497 e. The van der Waals surface area contributed by atoms with Crippen LogP contribution in [0.4, 0.5) is 10.1 Å². The van der Waals surface area contributed by atoms with E-state index in [1.165, 1.54) is 12.1 Å². The molecule has 2 rings (SSSR count). The van der Waals surface area contributed by atoms with Crippen molar-refractivity contribution in [2.45, 2.75) is 13.5 Å².